The Bertz CT molecular complexity index is 689. The maximum Gasteiger partial charge on any atom is 0.259 e. The molecule has 0 amide bonds. The number of aryl methyl sites for hydroxylation is 1. The molecule has 1 aliphatic rings. The van der Waals surface area contributed by atoms with Gasteiger partial charge in [-0.25, -0.2) is 4.98 Å². The SMILES string of the molecule is CCCCNCc1nc2sc3c(c2c(=O)[nH]1)CCC(C)C3. The molecule has 0 aliphatic heterocycles. The smallest absolute Gasteiger partial charge is 0.259 e. The summed E-state index contributed by atoms with van der Waals surface area (Å²) in [6, 6.07) is 0. The summed E-state index contributed by atoms with van der Waals surface area (Å²) in [5, 5.41) is 4.18. The Morgan fingerprint density at radius 3 is 3.14 bits per heavy atom. The lowest BCUT2D eigenvalue weighted by atomic mass is 9.89. The van der Waals surface area contributed by atoms with Crippen molar-refractivity contribution in [2.75, 3.05) is 6.54 Å². The molecular formula is C16H23N3OS. The lowest BCUT2D eigenvalue weighted by Crippen LogP contribution is -2.20. The molecule has 1 aliphatic carbocycles. The number of aromatic amines is 1. The van der Waals surface area contributed by atoms with E-state index < -0.39 is 0 Å². The molecule has 2 aromatic heterocycles. The van der Waals surface area contributed by atoms with Crippen LogP contribution in [0.1, 0.15) is 49.4 Å². The van der Waals surface area contributed by atoms with Crippen molar-refractivity contribution in [3.8, 4) is 0 Å². The number of fused-ring (bicyclic) bond motifs is 3. The topological polar surface area (TPSA) is 57.8 Å². The second-order valence-corrected chi connectivity index (χ2v) is 7.16. The van der Waals surface area contributed by atoms with Gasteiger partial charge >= 0.3 is 0 Å². The zero-order valence-corrected chi connectivity index (χ0v) is 13.6. The number of aromatic nitrogens is 2. The second-order valence-electron chi connectivity index (χ2n) is 6.07. The lowest BCUT2D eigenvalue weighted by Gasteiger charge is -2.17. The number of unbranched alkanes of at least 4 members (excludes halogenated alkanes) is 1. The third kappa shape index (κ3) is 3.04. The van der Waals surface area contributed by atoms with Gasteiger partial charge in [0.15, 0.2) is 0 Å². The van der Waals surface area contributed by atoms with Crippen molar-refractivity contribution in [1.29, 1.82) is 0 Å². The van der Waals surface area contributed by atoms with Crippen LogP contribution in [0.5, 0.6) is 0 Å². The highest BCUT2D eigenvalue weighted by atomic mass is 32.1. The predicted molar refractivity (Wildman–Crippen MR) is 88.0 cm³/mol. The minimum atomic E-state index is 0.0411. The largest absolute Gasteiger partial charge is 0.310 e. The minimum Gasteiger partial charge on any atom is -0.310 e. The molecule has 2 heterocycles. The summed E-state index contributed by atoms with van der Waals surface area (Å²) in [6.45, 7) is 6.07. The molecule has 0 radical (unpaired) electrons. The van der Waals surface area contributed by atoms with Crippen LogP contribution in [0.2, 0.25) is 0 Å². The Balaban J connectivity index is 1.88. The zero-order chi connectivity index (χ0) is 14.8. The summed E-state index contributed by atoms with van der Waals surface area (Å²) >= 11 is 1.72. The average molecular weight is 305 g/mol. The third-order valence-corrected chi connectivity index (χ3v) is 5.36. The zero-order valence-electron chi connectivity index (χ0n) is 12.8. The standard InChI is InChI=1S/C16H23N3OS/c1-3-4-7-17-9-13-18-15(20)14-11-6-5-10(2)8-12(11)21-16(14)19-13/h10,17H,3-9H2,1-2H3,(H,18,19,20). The van der Waals surface area contributed by atoms with Gasteiger partial charge in [0.1, 0.15) is 10.7 Å². The van der Waals surface area contributed by atoms with Gasteiger partial charge in [-0.1, -0.05) is 20.3 Å². The number of H-pyrrole nitrogens is 1. The predicted octanol–water partition coefficient (Wildman–Crippen LogP) is 3.00. The van der Waals surface area contributed by atoms with Crippen LogP contribution in [0.25, 0.3) is 10.2 Å². The van der Waals surface area contributed by atoms with Crippen LogP contribution >= 0.6 is 11.3 Å². The first kappa shape index (κ1) is 14.7. The van der Waals surface area contributed by atoms with Crippen LogP contribution in [0.4, 0.5) is 0 Å². The first-order valence-corrected chi connectivity index (χ1v) is 8.74. The average Bonchev–Trinajstić information content (AvgIpc) is 2.81. The van der Waals surface area contributed by atoms with E-state index in [0.717, 1.165) is 47.8 Å². The Morgan fingerprint density at radius 1 is 1.48 bits per heavy atom. The molecule has 2 N–H and O–H groups in total. The first-order valence-electron chi connectivity index (χ1n) is 7.93. The van der Waals surface area contributed by atoms with E-state index >= 15 is 0 Å². The summed E-state index contributed by atoms with van der Waals surface area (Å²) in [4.78, 5) is 22.3. The van der Waals surface area contributed by atoms with E-state index in [1.807, 2.05) is 0 Å². The minimum absolute atomic E-state index is 0.0411. The second kappa shape index (κ2) is 6.28. The summed E-state index contributed by atoms with van der Waals surface area (Å²) in [7, 11) is 0. The van der Waals surface area contributed by atoms with E-state index in [1.54, 1.807) is 11.3 Å². The molecule has 0 saturated heterocycles. The molecule has 114 valence electrons. The van der Waals surface area contributed by atoms with E-state index in [-0.39, 0.29) is 5.56 Å². The van der Waals surface area contributed by atoms with Gasteiger partial charge in [0.05, 0.1) is 11.9 Å². The fraction of sp³-hybridized carbons (Fsp3) is 0.625. The maximum absolute atomic E-state index is 12.4. The quantitative estimate of drug-likeness (QED) is 0.835. The van der Waals surface area contributed by atoms with Gasteiger partial charge in [-0.05, 0) is 43.7 Å². The molecule has 0 bridgehead atoms. The van der Waals surface area contributed by atoms with Crippen LogP contribution < -0.4 is 10.9 Å². The number of rotatable bonds is 5. The van der Waals surface area contributed by atoms with E-state index in [1.165, 1.54) is 23.3 Å². The van der Waals surface area contributed by atoms with Crippen LogP contribution in [0.15, 0.2) is 4.79 Å². The van der Waals surface area contributed by atoms with Crippen LogP contribution in [-0.4, -0.2) is 16.5 Å². The molecule has 5 heteroatoms. The molecule has 21 heavy (non-hydrogen) atoms. The van der Waals surface area contributed by atoms with Gasteiger partial charge in [0.25, 0.3) is 5.56 Å². The summed E-state index contributed by atoms with van der Waals surface area (Å²) in [6.07, 6.45) is 5.62. The molecule has 1 atom stereocenters. The van der Waals surface area contributed by atoms with Crippen LogP contribution in [0, 0.1) is 5.92 Å². The van der Waals surface area contributed by atoms with Crippen molar-refractivity contribution in [3.05, 3.63) is 26.6 Å². The fourth-order valence-electron chi connectivity index (χ4n) is 2.99. The molecule has 0 saturated carbocycles. The van der Waals surface area contributed by atoms with Crippen molar-refractivity contribution < 1.29 is 0 Å². The van der Waals surface area contributed by atoms with Crippen molar-refractivity contribution in [3.63, 3.8) is 0 Å². The van der Waals surface area contributed by atoms with Gasteiger partial charge in [-0.15, -0.1) is 11.3 Å². The monoisotopic (exact) mass is 305 g/mol. The number of nitrogens with zero attached hydrogens (tertiary/aromatic N) is 1. The maximum atomic E-state index is 12.4. The highest BCUT2D eigenvalue weighted by Gasteiger charge is 2.22. The van der Waals surface area contributed by atoms with Crippen LogP contribution in [0.3, 0.4) is 0 Å². The van der Waals surface area contributed by atoms with Gasteiger partial charge in [0.2, 0.25) is 0 Å². The number of hydrogen-bond donors (Lipinski definition) is 2. The van der Waals surface area contributed by atoms with Gasteiger partial charge in [0, 0.05) is 4.88 Å². The summed E-state index contributed by atoms with van der Waals surface area (Å²) < 4.78 is 0. The van der Waals surface area contributed by atoms with E-state index in [4.69, 9.17) is 0 Å². The van der Waals surface area contributed by atoms with E-state index in [2.05, 4.69) is 29.1 Å². The van der Waals surface area contributed by atoms with Crippen molar-refractivity contribution in [2.45, 2.75) is 52.5 Å². The number of hydrogen-bond acceptors (Lipinski definition) is 4. The van der Waals surface area contributed by atoms with Crippen molar-refractivity contribution in [2.24, 2.45) is 5.92 Å². The first-order chi connectivity index (χ1) is 10.2. The molecule has 0 aromatic carbocycles. The Hall–Kier alpha value is -1.20. The van der Waals surface area contributed by atoms with E-state index in [9.17, 15) is 4.79 Å². The Kier molecular flexibility index (Phi) is 4.40. The van der Waals surface area contributed by atoms with E-state index in [0.29, 0.717) is 6.54 Å². The Morgan fingerprint density at radius 2 is 2.33 bits per heavy atom. The molecule has 1 unspecified atom stereocenters. The third-order valence-electron chi connectivity index (χ3n) is 4.21. The molecule has 4 nitrogen and oxygen atoms in total. The summed E-state index contributed by atoms with van der Waals surface area (Å²) in [5.74, 6) is 1.48. The summed E-state index contributed by atoms with van der Waals surface area (Å²) in [5.41, 5.74) is 1.30. The van der Waals surface area contributed by atoms with Crippen molar-refractivity contribution >= 4 is 21.6 Å². The highest BCUT2D eigenvalue weighted by Crippen LogP contribution is 2.35. The molecule has 2 aromatic rings. The van der Waals surface area contributed by atoms with Crippen LogP contribution in [-0.2, 0) is 19.4 Å². The number of nitrogens with one attached hydrogen (secondary N) is 2. The lowest BCUT2D eigenvalue weighted by molar-refractivity contribution is 0.509. The normalized spacial score (nSPS) is 18.1. The molecule has 0 spiro atoms. The van der Waals surface area contributed by atoms with Crippen molar-refractivity contribution in [1.82, 2.24) is 15.3 Å². The van der Waals surface area contributed by atoms with Gasteiger partial charge in [-0.3, -0.25) is 4.79 Å². The highest BCUT2D eigenvalue weighted by molar-refractivity contribution is 7.18. The number of thiophene rings is 1. The van der Waals surface area contributed by atoms with Gasteiger partial charge < -0.3 is 10.3 Å². The molecule has 0 fully saturated rings. The Labute approximate surface area is 129 Å². The fourth-order valence-corrected chi connectivity index (χ4v) is 4.39. The molecular weight excluding hydrogens is 282 g/mol. The van der Waals surface area contributed by atoms with Gasteiger partial charge in [-0.2, -0.15) is 0 Å². The molecule has 3 rings (SSSR count).